The van der Waals surface area contributed by atoms with Crippen LogP contribution in [-0.2, 0) is 12.8 Å². The number of aromatic hydroxyl groups is 1. The van der Waals surface area contributed by atoms with Crippen molar-refractivity contribution in [2.75, 3.05) is 0 Å². The Hall–Kier alpha value is -1.47. The third-order valence-corrected chi connectivity index (χ3v) is 3.86. The second-order valence-corrected chi connectivity index (χ2v) is 4.88. The average molecular weight is 245 g/mol. The monoisotopic (exact) mass is 244 g/mol. The van der Waals surface area contributed by atoms with Gasteiger partial charge in [0.15, 0.2) is 0 Å². The maximum atomic E-state index is 9.54. The van der Waals surface area contributed by atoms with Crippen molar-refractivity contribution in [3.05, 3.63) is 64.7 Å². The molecule has 17 heavy (non-hydrogen) atoms. The quantitative estimate of drug-likeness (QED) is 0.699. The first-order chi connectivity index (χ1) is 8.25. The lowest BCUT2D eigenvalue weighted by molar-refractivity contribution is 0.474. The topological polar surface area (TPSA) is 20.2 Å². The summed E-state index contributed by atoms with van der Waals surface area (Å²) < 4.78 is 0. The number of rotatable bonds is 0. The molecule has 1 nitrogen and oxygen atoms in total. The van der Waals surface area contributed by atoms with E-state index in [0.717, 1.165) is 24.0 Å². The Morgan fingerprint density at radius 2 is 1.65 bits per heavy atom. The summed E-state index contributed by atoms with van der Waals surface area (Å²) in [5, 5.41) is 9.43. The molecule has 0 saturated carbocycles. The van der Waals surface area contributed by atoms with Gasteiger partial charge in [-0.15, -0.1) is 11.6 Å². The second kappa shape index (κ2) is 4.08. The summed E-state index contributed by atoms with van der Waals surface area (Å²) in [6.07, 6.45) is 1.92. The predicted molar refractivity (Wildman–Crippen MR) is 69.7 cm³/mol. The number of aryl methyl sites for hydroxylation is 2. The Labute approximate surface area is 106 Å². The van der Waals surface area contributed by atoms with Gasteiger partial charge in [0, 0.05) is 0 Å². The standard InChI is InChI=1S/C15H13ClO/c16-15-13-4-2-1-3-10(13)5-6-11-9-12(17)7-8-14(11)15/h1-4,7-9,15,17H,5-6H2. The Balaban J connectivity index is 2.16. The molecule has 0 amide bonds. The van der Waals surface area contributed by atoms with Crippen molar-refractivity contribution in [1.29, 1.82) is 0 Å². The minimum absolute atomic E-state index is 0.107. The minimum Gasteiger partial charge on any atom is -0.508 e. The zero-order valence-corrected chi connectivity index (χ0v) is 10.1. The van der Waals surface area contributed by atoms with E-state index in [0.29, 0.717) is 5.75 Å². The van der Waals surface area contributed by atoms with Crippen LogP contribution in [0, 0.1) is 0 Å². The highest BCUT2D eigenvalue weighted by Gasteiger charge is 2.21. The maximum Gasteiger partial charge on any atom is 0.115 e. The van der Waals surface area contributed by atoms with Crippen LogP contribution >= 0.6 is 11.6 Å². The first kappa shape index (κ1) is 10.7. The first-order valence-corrected chi connectivity index (χ1v) is 6.23. The molecule has 0 fully saturated rings. The molecule has 1 N–H and O–H groups in total. The number of fused-ring (bicyclic) bond motifs is 2. The van der Waals surface area contributed by atoms with Gasteiger partial charge >= 0.3 is 0 Å². The van der Waals surface area contributed by atoms with Gasteiger partial charge in [-0.2, -0.15) is 0 Å². The molecule has 1 unspecified atom stereocenters. The van der Waals surface area contributed by atoms with Crippen LogP contribution in [-0.4, -0.2) is 5.11 Å². The molecular formula is C15H13ClO. The summed E-state index contributed by atoms with van der Waals surface area (Å²) in [4.78, 5) is 0. The number of alkyl halides is 1. The van der Waals surface area contributed by atoms with Crippen LogP contribution < -0.4 is 0 Å². The molecule has 2 aromatic rings. The highest BCUT2D eigenvalue weighted by Crippen LogP contribution is 2.37. The molecule has 0 saturated heterocycles. The molecule has 1 aliphatic carbocycles. The summed E-state index contributed by atoms with van der Waals surface area (Å²) in [5.74, 6) is 0.318. The molecule has 0 aliphatic heterocycles. The van der Waals surface area contributed by atoms with Crippen LogP contribution in [0.1, 0.15) is 27.6 Å². The first-order valence-electron chi connectivity index (χ1n) is 5.79. The van der Waals surface area contributed by atoms with Crippen LogP contribution in [0.15, 0.2) is 42.5 Å². The molecule has 0 radical (unpaired) electrons. The molecule has 0 aromatic heterocycles. The van der Waals surface area contributed by atoms with Crippen LogP contribution in [0.25, 0.3) is 0 Å². The number of halogens is 1. The average Bonchev–Trinajstić information content (AvgIpc) is 2.48. The van der Waals surface area contributed by atoms with Crippen molar-refractivity contribution in [1.82, 2.24) is 0 Å². The fourth-order valence-electron chi connectivity index (χ4n) is 2.50. The van der Waals surface area contributed by atoms with Gasteiger partial charge in [-0.3, -0.25) is 0 Å². The summed E-state index contributed by atoms with van der Waals surface area (Å²) >= 11 is 6.55. The van der Waals surface area contributed by atoms with E-state index in [1.54, 1.807) is 6.07 Å². The largest absolute Gasteiger partial charge is 0.508 e. The molecule has 3 rings (SSSR count). The van der Waals surface area contributed by atoms with Crippen molar-refractivity contribution in [3.63, 3.8) is 0 Å². The zero-order valence-electron chi connectivity index (χ0n) is 9.36. The Kier molecular flexibility index (Phi) is 2.56. The molecular weight excluding hydrogens is 232 g/mol. The van der Waals surface area contributed by atoms with Gasteiger partial charge in [0.05, 0.1) is 5.38 Å². The van der Waals surface area contributed by atoms with E-state index in [1.807, 2.05) is 18.2 Å². The number of hydrogen-bond donors (Lipinski definition) is 1. The fourth-order valence-corrected chi connectivity index (χ4v) is 2.93. The van der Waals surface area contributed by atoms with Gasteiger partial charge < -0.3 is 5.11 Å². The van der Waals surface area contributed by atoms with E-state index in [9.17, 15) is 5.11 Å². The lowest BCUT2D eigenvalue weighted by atomic mass is 10.00. The molecule has 86 valence electrons. The maximum absolute atomic E-state index is 9.54. The van der Waals surface area contributed by atoms with E-state index < -0.39 is 0 Å². The fraction of sp³-hybridized carbons (Fsp3) is 0.200. The molecule has 0 spiro atoms. The van der Waals surface area contributed by atoms with E-state index in [4.69, 9.17) is 11.6 Å². The summed E-state index contributed by atoms with van der Waals surface area (Å²) in [6.45, 7) is 0. The van der Waals surface area contributed by atoms with E-state index in [1.165, 1.54) is 11.1 Å². The van der Waals surface area contributed by atoms with Crippen LogP contribution in [0.2, 0.25) is 0 Å². The Bertz CT molecular complexity index is 563. The molecule has 0 bridgehead atoms. The van der Waals surface area contributed by atoms with Gasteiger partial charge in [0.2, 0.25) is 0 Å². The smallest absolute Gasteiger partial charge is 0.115 e. The number of benzene rings is 2. The van der Waals surface area contributed by atoms with Crippen molar-refractivity contribution >= 4 is 11.6 Å². The van der Waals surface area contributed by atoms with Crippen molar-refractivity contribution in [3.8, 4) is 5.75 Å². The predicted octanol–water partition coefficient (Wildman–Crippen LogP) is 3.82. The zero-order chi connectivity index (χ0) is 11.8. The van der Waals surface area contributed by atoms with E-state index in [2.05, 4.69) is 18.2 Å². The SMILES string of the molecule is Oc1ccc2c(c1)CCc1ccccc1C2Cl. The van der Waals surface area contributed by atoms with Crippen LogP contribution in [0.5, 0.6) is 5.75 Å². The second-order valence-electron chi connectivity index (χ2n) is 4.44. The van der Waals surface area contributed by atoms with Crippen LogP contribution in [0.4, 0.5) is 0 Å². The van der Waals surface area contributed by atoms with E-state index in [-0.39, 0.29) is 5.38 Å². The number of phenols is 1. The van der Waals surface area contributed by atoms with Crippen molar-refractivity contribution < 1.29 is 5.11 Å². The van der Waals surface area contributed by atoms with Crippen molar-refractivity contribution in [2.45, 2.75) is 18.2 Å². The highest BCUT2D eigenvalue weighted by atomic mass is 35.5. The molecule has 2 heteroatoms. The van der Waals surface area contributed by atoms with Gasteiger partial charge in [-0.05, 0) is 47.2 Å². The van der Waals surface area contributed by atoms with Gasteiger partial charge in [0.1, 0.15) is 5.75 Å². The van der Waals surface area contributed by atoms with E-state index >= 15 is 0 Å². The molecule has 1 aliphatic rings. The molecule has 1 atom stereocenters. The highest BCUT2D eigenvalue weighted by molar-refractivity contribution is 6.22. The van der Waals surface area contributed by atoms with Crippen molar-refractivity contribution in [2.24, 2.45) is 0 Å². The lowest BCUT2D eigenvalue weighted by Crippen LogP contribution is -1.96. The summed E-state index contributed by atoms with van der Waals surface area (Å²) in [6, 6.07) is 13.8. The molecule has 2 aromatic carbocycles. The number of hydrogen-bond acceptors (Lipinski definition) is 1. The lowest BCUT2D eigenvalue weighted by Gasteiger charge is -2.13. The number of phenolic OH excluding ortho intramolecular Hbond substituents is 1. The third-order valence-electron chi connectivity index (χ3n) is 3.39. The Morgan fingerprint density at radius 3 is 2.53 bits per heavy atom. The van der Waals surface area contributed by atoms with Crippen LogP contribution in [0.3, 0.4) is 0 Å². The van der Waals surface area contributed by atoms with Gasteiger partial charge in [-0.25, -0.2) is 0 Å². The normalized spacial score (nSPS) is 18.1. The van der Waals surface area contributed by atoms with Gasteiger partial charge in [0.25, 0.3) is 0 Å². The molecule has 0 heterocycles. The minimum atomic E-state index is -0.107. The summed E-state index contributed by atoms with van der Waals surface area (Å²) in [7, 11) is 0. The summed E-state index contributed by atoms with van der Waals surface area (Å²) in [5.41, 5.74) is 4.78. The Morgan fingerprint density at radius 1 is 0.941 bits per heavy atom. The van der Waals surface area contributed by atoms with Gasteiger partial charge in [-0.1, -0.05) is 30.3 Å². The third kappa shape index (κ3) is 1.81.